The zero-order valence-corrected chi connectivity index (χ0v) is 15.4. The van der Waals surface area contributed by atoms with Gasteiger partial charge in [-0.2, -0.15) is 0 Å². The Morgan fingerprint density at radius 3 is 2.75 bits per heavy atom. The molecule has 0 unspecified atom stereocenters. The number of amides is 1. The predicted octanol–water partition coefficient (Wildman–Crippen LogP) is 4.34. The molecule has 0 bridgehead atoms. The van der Waals surface area contributed by atoms with E-state index in [1.165, 1.54) is 4.88 Å². The van der Waals surface area contributed by atoms with E-state index in [9.17, 15) is 4.79 Å². The molecule has 0 radical (unpaired) electrons. The van der Waals surface area contributed by atoms with Gasteiger partial charge in [0, 0.05) is 29.2 Å². The number of hydrogen-bond acceptors (Lipinski definition) is 3. The molecule has 0 spiro atoms. The van der Waals surface area contributed by atoms with Crippen LogP contribution in [0.2, 0.25) is 5.02 Å². The first-order chi connectivity index (χ1) is 11.4. The van der Waals surface area contributed by atoms with E-state index in [2.05, 4.69) is 22.5 Å². The summed E-state index contributed by atoms with van der Waals surface area (Å²) in [5.74, 6) is -0.0498. The summed E-state index contributed by atoms with van der Waals surface area (Å²) in [6.45, 7) is 4.56. The van der Waals surface area contributed by atoms with Crippen LogP contribution in [0.5, 0.6) is 0 Å². The largest absolute Gasteiger partial charge is 0.336 e. The molecule has 0 N–H and O–H groups in total. The fourth-order valence-electron chi connectivity index (χ4n) is 2.47. The van der Waals surface area contributed by atoms with Gasteiger partial charge >= 0.3 is 0 Å². The highest BCUT2D eigenvalue weighted by Gasteiger charge is 2.14. The summed E-state index contributed by atoms with van der Waals surface area (Å²) < 4.78 is 2.07. The van der Waals surface area contributed by atoms with Gasteiger partial charge in [0.15, 0.2) is 4.96 Å². The lowest BCUT2D eigenvalue weighted by Gasteiger charge is -2.15. The Morgan fingerprint density at radius 1 is 1.33 bits per heavy atom. The molecule has 0 aliphatic carbocycles. The smallest absolute Gasteiger partial charge is 0.246 e. The van der Waals surface area contributed by atoms with Gasteiger partial charge in [-0.25, -0.2) is 4.98 Å². The van der Waals surface area contributed by atoms with Gasteiger partial charge in [-0.05, 0) is 37.6 Å². The molecule has 0 atom stereocenters. The van der Waals surface area contributed by atoms with Crippen LogP contribution in [0.25, 0.3) is 11.0 Å². The van der Waals surface area contributed by atoms with Gasteiger partial charge in [-0.3, -0.25) is 9.20 Å². The molecule has 124 valence electrons. The Bertz CT molecular complexity index is 908. The number of aryl methyl sites for hydroxylation is 2. The Labute approximate surface area is 150 Å². The molecule has 2 aromatic heterocycles. The number of imidazole rings is 1. The minimum atomic E-state index is -0.0498. The van der Waals surface area contributed by atoms with Crippen LogP contribution in [-0.4, -0.2) is 27.2 Å². The first-order valence-corrected chi connectivity index (χ1v) is 8.76. The average molecular weight is 360 g/mol. The highest BCUT2D eigenvalue weighted by Crippen LogP contribution is 2.21. The number of nitrogens with zero attached hydrogens (tertiary/aromatic N) is 3. The number of hydrogen-bond donors (Lipinski definition) is 0. The molecule has 3 rings (SSSR count). The molecular formula is C18H18ClN3OS. The molecule has 1 amide bonds. The van der Waals surface area contributed by atoms with E-state index in [0.717, 1.165) is 21.9 Å². The zero-order valence-electron chi connectivity index (χ0n) is 13.8. The molecule has 0 fully saturated rings. The minimum absolute atomic E-state index is 0.0498. The number of halogens is 1. The molecule has 3 aromatic rings. The van der Waals surface area contributed by atoms with Crippen molar-refractivity contribution in [2.45, 2.75) is 20.4 Å². The quantitative estimate of drug-likeness (QED) is 0.650. The lowest BCUT2D eigenvalue weighted by molar-refractivity contribution is -0.125. The molecule has 4 nitrogen and oxygen atoms in total. The van der Waals surface area contributed by atoms with Gasteiger partial charge in [0.2, 0.25) is 5.91 Å². The van der Waals surface area contributed by atoms with Crippen molar-refractivity contribution in [1.82, 2.24) is 14.3 Å². The second-order valence-electron chi connectivity index (χ2n) is 5.72. The van der Waals surface area contributed by atoms with Gasteiger partial charge in [-0.1, -0.05) is 23.7 Å². The molecule has 0 saturated heterocycles. The standard InChI is InChI=1S/C18H18ClN3OS/c1-12-10-22-16(13(2)20-18(22)24-12)11-21(3)17(23)9-6-14-4-7-15(19)8-5-14/h4-10H,11H2,1-3H3. The third kappa shape index (κ3) is 3.52. The van der Waals surface area contributed by atoms with E-state index in [0.29, 0.717) is 11.6 Å². The lowest BCUT2D eigenvalue weighted by atomic mass is 10.2. The van der Waals surface area contributed by atoms with E-state index >= 15 is 0 Å². The SMILES string of the molecule is Cc1cn2c(CN(C)C(=O)C=Cc3ccc(Cl)cc3)c(C)nc2s1. The van der Waals surface area contributed by atoms with E-state index < -0.39 is 0 Å². The first kappa shape index (κ1) is 16.7. The normalized spacial score (nSPS) is 11.5. The number of carbonyl (C=O) groups is 1. The van der Waals surface area contributed by atoms with Crippen molar-refractivity contribution in [3.8, 4) is 0 Å². The van der Waals surface area contributed by atoms with E-state index in [1.807, 2.05) is 19.1 Å². The van der Waals surface area contributed by atoms with E-state index in [1.54, 1.807) is 47.6 Å². The Kier molecular flexibility index (Phi) is 4.73. The van der Waals surface area contributed by atoms with Crippen molar-refractivity contribution in [3.63, 3.8) is 0 Å². The Morgan fingerprint density at radius 2 is 2.04 bits per heavy atom. The molecular weight excluding hydrogens is 342 g/mol. The number of likely N-dealkylation sites (N-methyl/N-ethyl adjacent to an activating group) is 1. The summed E-state index contributed by atoms with van der Waals surface area (Å²) in [4.78, 5) is 20.8. The summed E-state index contributed by atoms with van der Waals surface area (Å²) >= 11 is 7.52. The highest BCUT2D eigenvalue weighted by atomic mass is 35.5. The van der Waals surface area contributed by atoms with Crippen LogP contribution in [0, 0.1) is 13.8 Å². The topological polar surface area (TPSA) is 37.6 Å². The summed E-state index contributed by atoms with van der Waals surface area (Å²) in [7, 11) is 1.80. The average Bonchev–Trinajstić information content (AvgIpc) is 3.03. The summed E-state index contributed by atoms with van der Waals surface area (Å²) in [5.41, 5.74) is 2.95. The molecule has 0 aliphatic heterocycles. The maximum Gasteiger partial charge on any atom is 0.246 e. The fraction of sp³-hybridized carbons (Fsp3) is 0.222. The number of aromatic nitrogens is 2. The zero-order chi connectivity index (χ0) is 17.3. The first-order valence-electron chi connectivity index (χ1n) is 7.57. The highest BCUT2D eigenvalue weighted by molar-refractivity contribution is 7.17. The number of fused-ring (bicyclic) bond motifs is 1. The van der Waals surface area contributed by atoms with Crippen LogP contribution in [0.1, 0.15) is 21.8 Å². The number of benzene rings is 1. The van der Waals surface area contributed by atoms with Crippen LogP contribution in [0.15, 0.2) is 36.5 Å². The molecule has 24 heavy (non-hydrogen) atoms. The lowest BCUT2D eigenvalue weighted by Crippen LogP contribution is -2.25. The van der Waals surface area contributed by atoms with Crippen LogP contribution in [0.4, 0.5) is 0 Å². The van der Waals surface area contributed by atoms with Crippen LogP contribution < -0.4 is 0 Å². The summed E-state index contributed by atoms with van der Waals surface area (Å²) in [6, 6.07) is 7.37. The van der Waals surface area contributed by atoms with Crippen molar-refractivity contribution in [1.29, 1.82) is 0 Å². The van der Waals surface area contributed by atoms with Crippen LogP contribution in [-0.2, 0) is 11.3 Å². The Hall–Kier alpha value is -2.11. The number of thiazole rings is 1. The maximum absolute atomic E-state index is 12.3. The van der Waals surface area contributed by atoms with E-state index in [4.69, 9.17) is 11.6 Å². The van der Waals surface area contributed by atoms with Crippen molar-refractivity contribution < 1.29 is 4.79 Å². The monoisotopic (exact) mass is 359 g/mol. The molecule has 6 heteroatoms. The summed E-state index contributed by atoms with van der Waals surface area (Å²) in [5, 5.41) is 0.682. The van der Waals surface area contributed by atoms with E-state index in [-0.39, 0.29) is 5.91 Å². The van der Waals surface area contributed by atoms with Gasteiger partial charge in [0.05, 0.1) is 17.9 Å². The predicted molar refractivity (Wildman–Crippen MR) is 99.5 cm³/mol. The Balaban J connectivity index is 1.73. The van der Waals surface area contributed by atoms with Crippen molar-refractivity contribution >= 4 is 39.9 Å². The van der Waals surface area contributed by atoms with Gasteiger partial charge < -0.3 is 4.90 Å². The second-order valence-corrected chi connectivity index (χ2v) is 7.37. The molecule has 2 heterocycles. The third-order valence-electron chi connectivity index (χ3n) is 3.79. The van der Waals surface area contributed by atoms with Crippen LogP contribution in [0.3, 0.4) is 0 Å². The number of rotatable bonds is 4. The second kappa shape index (κ2) is 6.79. The fourth-order valence-corrected chi connectivity index (χ4v) is 3.49. The molecule has 0 saturated carbocycles. The molecule has 1 aromatic carbocycles. The maximum atomic E-state index is 12.3. The third-order valence-corrected chi connectivity index (χ3v) is 4.94. The van der Waals surface area contributed by atoms with Gasteiger partial charge in [0.1, 0.15) is 0 Å². The van der Waals surface area contributed by atoms with Gasteiger partial charge in [-0.15, -0.1) is 11.3 Å². The minimum Gasteiger partial charge on any atom is -0.336 e. The van der Waals surface area contributed by atoms with Crippen LogP contribution >= 0.6 is 22.9 Å². The van der Waals surface area contributed by atoms with Gasteiger partial charge in [0.25, 0.3) is 0 Å². The van der Waals surface area contributed by atoms with Crippen molar-refractivity contribution in [2.24, 2.45) is 0 Å². The van der Waals surface area contributed by atoms with Crippen molar-refractivity contribution in [2.75, 3.05) is 7.05 Å². The number of carbonyl (C=O) groups excluding carboxylic acids is 1. The summed E-state index contributed by atoms with van der Waals surface area (Å²) in [6.07, 6.45) is 5.44. The molecule has 0 aliphatic rings. The van der Waals surface area contributed by atoms with Crippen molar-refractivity contribution in [3.05, 3.63) is 63.4 Å².